The van der Waals surface area contributed by atoms with Crippen molar-refractivity contribution < 1.29 is 22.4 Å². The number of ether oxygens (including phenoxy) is 1. The van der Waals surface area contributed by atoms with Crippen LogP contribution in [0.3, 0.4) is 0 Å². The van der Waals surface area contributed by atoms with Crippen molar-refractivity contribution in [3.05, 3.63) is 84.9 Å². The lowest BCUT2D eigenvalue weighted by molar-refractivity contribution is -0.140. The van der Waals surface area contributed by atoms with Crippen LogP contribution in [0.5, 0.6) is 0 Å². The number of carbonyl (C=O) groups excluding carboxylic acids is 1. The summed E-state index contributed by atoms with van der Waals surface area (Å²) in [5.74, 6) is -0.783. The summed E-state index contributed by atoms with van der Waals surface area (Å²) in [6.07, 6.45) is 0.442. The first-order valence-electron chi connectivity index (χ1n) is 12.5. The second-order valence-corrected chi connectivity index (χ2v) is 17.8. The molecule has 1 atom stereocenters. The first-order valence-corrected chi connectivity index (χ1v) is 16.8. The smallest absolute Gasteiger partial charge is 0.324 e. The predicted octanol–water partition coefficient (Wildman–Crippen LogP) is 4.97. The van der Waals surface area contributed by atoms with Gasteiger partial charge in [-0.05, 0) is 40.4 Å². The largest absolute Gasteiger partial charge is 0.468 e. The quantitative estimate of drug-likeness (QED) is 0.153. The van der Waals surface area contributed by atoms with Gasteiger partial charge in [0.1, 0.15) is 0 Å². The standard InChI is InChI=1S/C29H33NO5S2Si/c1-29(2,3)38(22-14-7-5-8-15-22,23-16-9-6-10-17-23)35-21-13-20-26(27(31)34-4)37(32,33)28-30-24-18-11-12-19-25(24)36-28/h5-12,14-19,26H,13,20-21H2,1-4H3. The fourth-order valence-electron chi connectivity index (χ4n) is 4.88. The monoisotopic (exact) mass is 567 g/mol. The zero-order valence-corrected chi connectivity index (χ0v) is 24.7. The highest BCUT2D eigenvalue weighted by atomic mass is 32.2. The molecule has 9 heteroatoms. The summed E-state index contributed by atoms with van der Waals surface area (Å²) in [5.41, 5.74) is 0.592. The lowest BCUT2D eigenvalue weighted by Gasteiger charge is -2.43. The normalized spacial score (nSPS) is 13.4. The molecule has 38 heavy (non-hydrogen) atoms. The van der Waals surface area contributed by atoms with Crippen molar-refractivity contribution in [2.24, 2.45) is 0 Å². The average Bonchev–Trinajstić information content (AvgIpc) is 3.36. The van der Waals surface area contributed by atoms with Crippen LogP contribution >= 0.6 is 11.3 Å². The Morgan fingerprint density at radius 3 is 2.00 bits per heavy atom. The molecular formula is C29H33NO5S2Si. The average molecular weight is 568 g/mol. The Labute approximate surface area is 229 Å². The van der Waals surface area contributed by atoms with Gasteiger partial charge < -0.3 is 9.16 Å². The molecule has 0 saturated carbocycles. The van der Waals surface area contributed by atoms with Gasteiger partial charge in [-0.3, -0.25) is 4.79 Å². The highest BCUT2D eigenvalue weighted by molar-refractivity contribution is 7.94. The number of rotatable bonds is 10. The Kier molecular flexibility index (Phi) is 8.51. The molecule has 0 aliphatic rings. The molecule has 3 aromatic carbocycles. The number of methoxy groups -OCH3 is 1. The van der Waals surface area contributed by atoms with Crippen molar-refractivity contribution in [1.82, 2.24) is 4.98 Å². The van der Waals surface area contributed by atoms with Gasteiger partial charge in [0.25, 0.3) is 8.32 Å². The summed E-state index contributed by atoms with van der Waals surface area (Å²) in [6, 6.07) is 27.7. The van der Waals surface area contributed by atoms with Crippen LogP contribution in [0.4, 0.5) is 0 Å². The van der Waals surface area contributed by atoms with Crippen LogP contribution in [-0.4, -0.2) is 46.7 Å². The molecule has 0 amide bonds. The number of carbonyl (C=O) groups is 1. The van der Waals surface area contributed by atoms with Crippen LogP contribution in [0.1, 0.15) is 33.6 Å². The van der Waals surface area contributed by atoms with Crippen LogP contribution in [-0.2, 0) is 23.8 Å². The van der Waals surface area contributed by atoms with Crippen molar-refractivity contribution in [1.29, 1.82) is 0 Å². The van der Waals surface area contributed by atoms with Gasteiger partial charge in [0.15, 0.2) is 5.25 Å². The third kappa shape index (κ3) is 5.47. The van der Waals surface area contributed by atoms with Gasteiger partial charge in [0, 0.05) is 6.61 Å². The Balaban J connectivity index is 1.60. The molecule has 0 saturated heterocycles. The van der Waals surface area contributed by atoms with E-state index < -0.39 is 29.4 Å². The highest BCUT2D eigenvalue weighted by Gasteiger charge is 2.50. The van der Waals surface area contributed by atoms with Gasteiger partial charge in [-0.25, -0.2) is 13.4 Å². The molecule has 4 rings (SSSR count). The molecule has 0 spiro atoms. The number of nitrogens with zero attached hydrogens (tertiary/aromatic N) is 1. The summed E-state index contributed by atoms with van der Waals surface area (Å²) in [5, 5.41) is 0.733. The first-order chi connectivity index (χ1) is 18.1. The number of benzene rings is 3. The fourth-order valence-corrected chi connectivity index (χ4v) is 12.6. The van der Waals surface area contributed by atoms with E-state index in [1.165, 1.54) is 7.11 Å². The van der Waals surface area contributed by atoms with Gasteiger partial charge in [0.05, 0.1) is 17.3 Å². The van der Waals surface area contributed by atoms with Crippen LogP contribution in [0.25, 0.3) is 10.2 Å². The fraction of sp³-hybridized carbons (Fsp3) is 0.310. The van der Waals surface area contributed by atoms with Crippen LogP contribution in [0.2, 0.25) is 5.04 Å². The molecule has 0 N–H and O–H groups in total. The minimum Gasteiger partial charge on any atom is -0.468 e. The molecule has 1 aromatic heterocycles. The summed E-state index contributed by atoms with van der Waals surface area (Å²) in [7, 11) is -5.59. The number of para-hydroxylation sites is 1. The summed E-state index contributed by atoms with van der Waals surface area (Å²) in [4.78, 5) is 17.0. The maximum atomic E-state index is 13.5. The van der Waals surface area contributed by atoms with E-state index in [0.717, 1.165) is 26.4 Å². The minimum atomic E-state index is -4.03. The van der Waals surface area contributed by atoms with Crippen molar-refractivity contribution >= 4 is 56.1 Å². The van der Waals surface area contributed by atoms with Gasteiger partial charge in [-0.2, -0.15) is 0 Å². The number of aromatic nitrogens is 1. The molecule has 0 aliphatic carbocycles. The van der Waals surface area contributed by atoms with E-state index in [9.17, 15) is 13.2 Å². The molecule has 6 nitrogen and oxygen atoms in total. The number of fused-ring (bicyclic) bond motifs is 1. The second kappa shape index (κ2) is 11.5. The zero-order valence-electron chi connectivity index (χ0n) is 22.1. The van der Waals surface area contributed by atoms with E-state index in [2.05, 4.69) is 50.0 Å². The summed E-state index contributed by atoms with van der Waals surface area (Å²) in [6.45, 7) is 6.87. The molecular weight excluding hydrogens is 535 g/mol. The molecule has 0 aliphatic heterocycles. The lowest BCUT2D eigenvalue weighted by Crippen LogP contribution is -2.66. The molecule has 200 valence electrons. The molecule has 4 aromatic rings. The lowest BCUT2D eigenvalue weighted by atomic mass is 10.2. The number of hydrogen-bond donors (Lipinski definition) is 0. The predicted molar refractivity (Wildman–Crippen MR) is 155 cm³/mol. The van der Waals surface area contributed by atoms with E-state index >= 15 is 0 Å². The Hall–Kier alpha value is -2.85. The van der Waals surface area contributed by atoms with Crippen LogP contribution in [0.15, 0.2) is 89.3 Å². The Morgan fingerprint density at radius 2 is 1.47 bits per heavy atom. The summed E-state index contributed by atoms with van der Waals surface area (Å²) >= 11 is 1.07. The first kappa shape index (κ1) is 28.2. The molecule has 1 unspecified atom stereocenters. The molecule has 0 fully saturated rings. The third-order valence-corrected chi connectivity index (χ3v) is 15.3. The van der Waals surface area contributed by atoms with E-state index in [4.69, 9.17) is 9.16 Å². The highest BCUT2D eigenvalue weighted by Crippen LogP contribution is 2.37. The second-order valence-electron chi connectivity index (χ2n) is 10.2. The number of thiazole rings is 1. The Morgan fingerprint density at radius 1 is 0.921 bits per heavy atom. The number of sulfone groups is 1. The van der Waals surface area contributed by atoms with Crippen molar-refractivity contribution in [3.63, 3.8) is 0 Å². The van der Waals surface area contributed by atoms with E-state index in [1.807, 2.05) is 48.5 Å². The maximum Gasteiger partial charge on any atom is 0.324 e. The minimum absolute atomic E-state index is 0.0676. The molecule has 1 heterocycles. The van der Waals surface area contributed by atoms with Gasteiger partial charge in [0.2, 0.25) is 14.2 Å². The topological polar surface area (TPSA) is 82.6 Å². The maximum absolute atomic E-state index is 13.5. The van der Waals surface area contributed by atoms with Gasteiger partial charge in [-0.1, -0.05) is 93.6 Å². The Bertz CT molecular complexity index is 1410. The summed E-state index contributed by atoms with van der Waals surface area (Å²) < 4.78 is 39.5. The zero-order chi connectivity index (χ0) is 27.4. The molecule has 0 bridgehead atoms. The van der Waals surface area contributed by atoms with Crippen molar-refractivity contribution in [2.75, 3.05) is 13.7 Å². The third-order valence-electron chi connectivity index (χ3n) is 6.70. The van der Waals surface area contributed by atoms with Crippen molar-refractivity contribution in [3.8, 4) is 0 Å². The van der Waals surface area contributed by atoms with Gasteiger partial charge >= 0.3 is 5.97 Å². The number of hydrogen-bond acceptors (Lipinski definition) is 7. The van der Waals surface area contributed by atoms with Crippen LogP contribution < -0.4 is 10.4 Å². The molecule has 0 radical (unpaired) electrons. The number of esters is 1. The van der Waals surface area contributed by atoms with Crippen LogP contribution in [0, 0.1) is 0 Å². The van der Waals surface area contributed by atoms with E-state index in [1.54, 1.807) is 12.1 Å². The van der Waals surface area contributed by atoms with E-state index in [-0.39, 0.29) is 15.8 Å². The SMILES string of the molecule is COC(=O)C(CCCO[Si](c1ccccc1)(c1ccccc1)C(C)(C)C)S(=O)(=O)c1nc2ccccc2s1. The van der Waals surface area contributed by atoms with E-state index in [0.29, 0.717) is 18.5 Å². The van der Waals surface area contributed by atoms with Gasteiger partial charge in [-0.15, -0.1) is 11.3 Å². The van der Waals surface area contributed by atoms with Crippen molar-refractivity contribution in [2.45, 2.75) is 48.2 Å².